The van der Waals surface area contributed by atoms with Gasteiger partial charge in [-0.3, -0.25) is 14.6 Å². The fourth-order valence-corrected chi connectivity index (χ4v) is 4.24. The van der Waals surface area contributed by atoms with Crippen molar-refractivity contribution < 1.29 is 18.4 Å². The fraction of sp³-hybridized carbons (Fsp3) is 0.409. The van der Waals surface area contributed by atoms with Crippen molar-refractivity contribution in [2.75, 3.05) is 13.1 Å². The van der Waals surface area contributed by atoms with Crippen molar-refractivity contribution in [2.45, 2.75) is 32.7 Å². The summed E-state index contributed by atoms with van der Waals surface area (Å²) in [6.07, 6.45) is 2.31. The normalized spacial score (nSPS) is 19.8. The summed E-state index contributed by atoms with van der Waals surface area (Å²) < 4.78 is 26.5. The van der Waals surface area contributed by atoms with E-state index in [-0.39, 0.29) is 28.7 Å². The van der Waals surface area contributed by atoms with E-state index in [1.54, 1.807) is 4.90 Å². The lowest BCUT2D eigenvalue weighted by Crippen LogP contribution is -2.40. The highest BCUT2D eigenvalue weighted by molar-refractivity contribution is 5.94. The van der Waals surface area contributed by atoms with Crippen LogP contribution in [0.25, 0.3) is 0 Å². The minimum atomic E-state index is -1.02. The first-order chi connectivity index (χ1) is 13.9. The smallest absolute Gasteiger partial charge is 0.253 e. The van der Waals surface area contributed by atoms with E-state index in [4.69, 9.17) is 0 Å². The number of nitrogens with zero attached hydrogens (tertiary/aromatic N) is 2. The largest absolute Gasteiger partial charge is 0.350 e. The highest BCUT2D eigenvalue weighted by atomic mass is 19.2. The number of rotatable bonds is 4. The molecule has 29 heavy (non-hydrogen) atoms. The van der Waals surface area contributed by atoms with Crippen LogP contribution in [0.4, 0.5) is 8.78 Å². The van der Waals surface area contributed by atoms with Crippen molar-refractivity contribution in [2.24, 2.45) is 11.3 Å². The van der Waals surface area contributed by atoms with Crippen LogP contribution in [0.15, 0.2) is 36.4 Å². The molecule has 152 valence electrons. The third kappa shape index (κ3) is 3.99. The fourth-order valence-electron chi connectivity index (χ4n) is 4.24. The summed E-state index contributed by atoms with van der Waals surface area (Å²) in [5.41, 5.74) is 1.85. The Bertz CT molecular complexity index is 955. The number of benzene rings is 1. The summed E-state index contributed by atoms with van der Waals surface area (Å²) in [5, 5.41) is 2.97. The Morgan fingerprint density at radius 3 is 2.62 bits per heavy atom. The van der Waals surface area contributed by atoms with Gasteiger partial charge in [0.15, 0.2) is 11.6 Å². The highest BCUT2D eigenvalue weighted by Gasteiger charge is 2.58. The molecule has 2 heterocycles. The van der Waals surface area contributed by atoms with Gasteiger partial charge in [0.1, 0.15) is 0 Å². The van der Waals surface area contributed by atoms with Gasteiger partial charge in [-0.05, 0) is 61.9 Å². The van der Waals surface area contributed by atoms with Gasteiger partial charge in [0.25, 0.3) is 5.91 Å². The van der Waals surface area contributed by atoms with E-state index in [2.05, 4.69) is 10.3 Å². The maximum atomic E-state index is 13.4. The Kier molecular flexibility index (Phi) is 5.06. The second-order valence-corrected chi connectivity index (χ2v) is 8.03. The topological polar surface area (TPSA) is 62.3 Å². The summed E-state index contributed by atoms with van der Waals surface area (Å²) in [6.45, 7) is 3.35. The first-order valence-electron chi connectivity index (χ1n) is 9.82. The molecule has 0 bridgehead atoms. The zero-order chi connectivity index (χ0) is 20.6. The molecular weight excluding hydrogens is 376 g/mol. The molecule has 5 nitrogen and oxygen atoms in total. The van der Waals surface area contributed by atoms with E-state index in [0.29, 0.717) is 19.6 Å². The molecule has 0 unspecified atom stereocenters. The lowest BCUT2D eigenvalue weighted by atomic mass is 9.90. The zero-order valence-corrected chi connectivity index (χ0v) is 16.3. The minimum absolute atomic E-state index is 0.0344. The number of aryl methyl sites for hydroxylation is 1. The number of pyridine rings is 1. The summed E-state index contributed by atoms with van der Waals surface area (Å²) in [4.78, 5) is 31.1. The second kappa shape index (κ2) is 7.54. The predicted molar refractivity (Wildman–Crippen MR) is 103 cm³/mol. The number of hydrogen-bond donors (Lipinski definition) is 1. The molecule has 1 atom stereocenters. The van der Waals surface area contributed by atoms with Gasteiger partial charge < -0.3 is 10.2 Å². The Morgan fingerprint density at radius 2 is 1.93 bits per heavy atom. The molecule has 2 aromatic rings. The molecule has 4 rings (SSSR count). The molecule has 1 spiro atoms. The van der Waals surface area contributed by atoms with Crippen LogP contribution in [0.2, 0.25) is 0 Å². The summed E-state index contributed by atoms with van der Waals surface area (Å²) in [6, 6.07) is 8.93. The minimum Gasteiger partial charge on any atom is -0.350 e. The zero-order valence-electron chi connectivity index (χ0n) is 16.3. The van der Waals surface area contributed by atoms with E-state index in [0.717, 1.165) is 42.8 Å². The molecule has 1 N–H and O–H groups in total. The highest BCUT2D eigenvalue weighted by Crippen LogP contribution is 2.59. The van der Waals surface area contributed by atoms with Crippen molar-refractivity contribution in [3.63, 3.8) is 0 Å². The first kappa shape index (κ1) is 19.5. The Morgan fingerprint density at radius 1 is 1.17 bits per heavy atom. The first-order valence-corrected chi connectivity index (χ1v) is 9.82. The number of hydrogen-bond acceptors (Lipinski definition) is 3. The molecule has 2 aliphatic rings. The van der Waals surface area contributed by atoms with E-state index in [1.807, 2.05) is 25.1 Å². The summed E-state index contributed by atoms with van der Waals surface area (Å²) in [5.74, 6) is -2.29. The van der Waals surface area contributed by atoms with Crippen LogP contribution in [-0.2, 0) is 11.3 Å². The summed E-state index contributed by atoms with van der Waals surface area (Å²) in [7, 11) is 0. The number of amides is 2. The van der Waals surface area contributed by atoms with Crippen molar-refractivity contribution >= 4 is 11.8 Å². The van der Waals surface area contributed by atoms with E-state index in [1.165, 1.54) is 6.07 Å². The van der Waals surface area contributed by atoms with Gasteiger partial charge in [0.05, 0.1) is 12.2 Å². The molecular formula is C22H23F2N3O2. The number of piperidine rings is 1. The van der Waals surface area contributed by atoms with Crippen LogP contribution in [0.3, 0.4) is 0 Å². The second-order valence-electron chi connectivity index (χ2n) is 8.03. The van der Waals surface area contributed by atoms with Gasteiger partial charge in [-0.2, -0.15) is 0 Å². The van der Waals surface area contributed by atoms with Gasteiger partial charge in [0, 0.05) is 30.3 Å². The monoisotopic (exact) mass is 399 g/mol. The van der Waals surface area contributed by atoms with Gasteiger partial charge in [-0.1, -0.05) is 6.07 Å². The number of carbonyl (C=O) groups excluding carboxylic acids is 2. The van der Waals surface area contributed by atoms with Crippen molar-refractivity contribution in [3.8, 4) is 0 Å². The number of halogens is 2. The average molecular weight is 399 g/mol. The lowest BCUT2D eigenvalue weighted by Gasteiger charge is -2.33. The van der Waals surface area contributed by atoms with Crippen LogP contribution in [0, 0.1) is 29.9 Å². The van der Waals surface area contributed by atoms with Crippen LogP contribution in [0.1, 0.15) is 41.0 Å². The number of likely N-dealkylation sites (tertiary alicyclic amines) is 1. The Hall–Kier alpha value is -2.83. The maximum absolute atomic E-state index is 13.4. The third-order valence-corrected chi connectivity index (χ3v) is 6.11. The van der Waals surface area contributed by atoms with Gasteiger partial charge in [0.2, 0.25) is 5.91 Å². The van der Waals surface area contributed by atoms with Crippen LogP contribution >= 0.6 is 0 Å². The Balaban J connectivity index is 1.30. The van der Waals surface area contributed by atoms with Gasteiger partial charge in [-0.15, -0.1) is 0 Å². The lowest BCUT2D eigenvalue weighted by molar-refractivity contribution is -0.123. The van der Waals surface area contributed by atoms with E-state index < -0.39 is 11.6 Å². The van der Waals surface area contributed by atoms with Gasteiger partial charge >= 0.3 is 0 Å². The molecule has 2 amide bonds. The molecule has 1 aliphatic carbocycles. The molecule has 1 aromatic carbocycles. The molecule has 0 radical (unpaired) electrons. The van der Waals surface area contributed by atoms with Gasteiger partial charge in [-0.25, -0.2) is 8.78 Å². The number of aromatic nitrogens is 1. The van der Waals surface area contributed by atoms with Crippen LogP contribution in [0.5, 0.6) is 0 Å². The molecule has 1 saturated heterocycles. The van der Waals surface area contributed by atoms with Crippen molar-refractivity contribution in [1.29, 1.82) is 0 Å². The van der Waals surface area contributed by atoms with E-state index in [9.17, 15) is 18.4 Å². The molecule has 1 aliphatic heterocycles. The molecule has 2 fully saturated rings. The number of carbonyl (C=O) groups is 2. The molecule has 7 heteroatoms. The predicted octanol–water partition coefficient (Wildman–Crippen LogP) is 3.23. The third-order valence-electron chi connectivity index (χ3n) is 6.11. The molecule has 1 aromatic heterocycles. The Labute approximate surface area is 168 Å². The number of nitrogens with one attached hydrogen (secondary N) is 1. The maximum Gasteiger partial charge on any atom is 0.253 e. The molecule has 1 saturated carbocycles. The standard InChI is InChI=1S/C22H23F2N3O2/c1-14-3-2-4-16(26-14)13-25-20(28)17-12-22(17)7-9-27(10-8-22)21(29)15-5-6-18(23)19(24)11-15/h2-6,11,17H,7-10,12-13H2,1H3,(H,25,28)/t17-/m0/s1. The SMILES string of the molecule is Cc1cccc(CNC(=O)[C@@H]2CC23CCN(C(=O)c2ccc(F)c(F)c2)CC3)n1. The average Bonchev–Trinajstić information content (AvgIpc) is 3.41. The van der Waals surface area contributed by atoms with Crippen molar-refractivity contribution in [1.82, 2.24) is 15.2 Å². The van der Waals surface area contributed by atoms with Crippen LogP contribution < -0.4 is 5.32 Å². The quantitative estimate of drug-likeness (QED) is 0.859. The van der Waals surface area contributed by atoms with Crippen molar-refractivity contribution in [3.05, 3.63) is 65.0 Å². The van der Waals surface area contributed by atoms with Crippen LogP contribution in [-0.4, -0.2) is 34.8 Å². The summed E-state index contributed by atoms with van der Waals surface area (Å²) >= 11 is 0. The van der Waals surface area contributed by atoms with E-state index >= 15 is 0 Å².